The van der Waals surface area contributed by atoms with E-state index in [0.717, 1.165) is 18.1 Å². The number of thiophene rings is 1. The first-order valence-electron chi connectivity index (χ1n) is 6.27. The van der Waals surface area contributed by atoms with E-state index in [1.165, 1.54) is 29.4 Å². The van der Waals surface area contributed by atoms with E-state index in [1.807, 2.05) is 12.1 Å². The smallest absolute Gasteiger partial charge is 0.171 e. The number of Topliss-reactive ketones (excluding diaryl/α,β-unsaturated/α-hetero) is 1. The summed E-state index contributed by atoms with van der Waals surface area (Å²) in [6.45, 7) is 2.98. The van der Waals surface area contributed by atoms with Crippen LogP contribution in [-0.4, -0.2) is 5.78 Å². The van der Waals surface area contributed by atoms with Gasteiger partial charge in [0.1, 0.15) is 16.6 Å². The first-order valence-corrected chi connectivity index (χ1v) is 7.08. The molecule has 0 atom stereocenters. The molecule has 1 aliphatic rings. The van der Waals surface area contributed by atoms with Gasteiger partial charge in [-0.05, 0) is 11.1 Å². The van der Waals surface area contributed by atoms with Crippen LogP contribution in [0.15, 0.2) is 24.3 Å². The van der Waals surface area contributed by atoms with Crippen LogP contribution in [0.1, 0.15) is 33.3 Å². The first-order chi connectivity index (χ1) is 9.61. The van der Waals surface area contributed by atoms with E-state index < -0.39 is 0 Å². The second-order valence-corrected chi connectivity index (χ2v) is 5.82. The Bertz CT molecular complexity index is 717. The summed E-state index contributed by atoms with van der Waals surface area (Å²) in [6, 6.07) is 10.3. The number of nitrogen functional groups attached to an aromatic ring is 1. The number of hydrogen-bond acceptors (Lipinski definition) is 5. The van der Waals surface area contributed by atoms with E-state index in [-0.39, 0.29) is 5.78 Å². The average molecular weight is 283 g/mol. The summed E-state index contributed by atoms with van der Waals surface area (Å²) in [5, 5.41) is 10.1. The quantitative estimate of drug-likeness (QED) is 0.860. The molecule has 2 heterocycles. The van der Waals surface area contributed by atoms with Crippen molar-refractivity contribution in [1.82, 2.24) is 0 Å². The Morgan fingerprint density at radius 1 is 1.35 bits per heavy atom. The van der Waals surface area contributed by atoms with Crippen molar-refractivity contribution in [1.29, 1.82) is 5.26 Å². The molecule has 1 aliphatic heterocycles. The fourth-order valence-corrected chi connectivity index (χ4v) is 3.57. The van der Waals surface area contributed by atoms with Crippen molar-refractivity contribution in [2.75, 3.05) is 10.6 Å². The van der Waals surface area contributed by atoms with Crippen LogP contribution in [0.25, 0.3) is 0 Å². The zero-order valence-corrected chi connectivity index (χ0v) is 11.8. The van der Waals surface area contributed by atoms with Crippen molar-refractivity contribution in [2.24, 2.45) is 0 Å². The number of carbonyl (C=O) groups excluding carboxylic acids is 1. The van der Waals surface area contributed by atoms with Gasteiger partial charge in [-0.15, -0.1) is 11.3 Å². The molecule has 2 N–H and O–H groups in total. The van der Waals surface area contributed by atoms with Gasteiger partial charge in [0, 0.05) is 20.0 Å². The van der Waals surface area contributed by atoms with Crippen molar-refractivity contribution in [3.63, 3.8) is 0 Å². The van der Waals surface area contributed by atoms with E-state index in [1.54, 1.807) is 0 Å². The Morgan fingerprint density at radius 3 is 2.45 bits per heavy atom. The third kappa shape index (κ3) is 1.86. The number of rotatable bonds is 2. The van der Waals surface area contributed by atoms with Gasteiger partial charge in [-0.3, -0.25) is 4.79 Å². The minimum Gasteiger partial charge on any atom is -0.396 e. The number of nitriles is 1. The molecule has 0 spiro atoms. The molecule has 0 amide bonds. The van der Waals surface area contributed by atoms with Crippen LogP contribution in [0, 0.1) is 11.3 Å². The van der Waals surface area contributed by atoms with Crippen molar-refractivity contribution < 1.29 is 4.79 Å². The van der Waals surface area contributed by atoms with Gasteiger partial charge in [0.2, 0.25) is 0 Å². The van der Waals surface area contributed by atoms with E-state index in [0.29, 0.717) is 16.1 Å². The monoisotopic (exact) mass is 283 g/mol. The summed E-state index contributed by atoms with van der Waals surface area (Å²) >= 11 is 1.32. The average Bonchev–Trinajstić information content (AvgIpc) is 2.98. The van der Waals surface area contributed by atoms with E-state index in [2.05, 4.69) is 23.1 Å². The predicted molar refractivity (Wildman–Crippen MR) is 79.8 cm³/mol. The molecule has 100 valence electrons. The van der Waals surface area contributed by atoms with Gasteiger partial charge in [-0.2, -0.15) is 5.26 Å². The zero-order valence-electron chi connectivity index (χ0n) is 11.0. The second kappa shape index (κ2) is 4.66. The van der Waals surface area contributed by atoms with Gasteiger partial charge in [-0.1, -0.05) is 24.3 Å². The first kappa shape index (κ1) is 12.7. The van der Waals surface area contributed by atoms with E-state index in [4.69, 9.17) is 5.73 Å². The number of nitrogens with zero attached hydrogens (tertiary/aromatic N) is 2. The van der Waals surface area contributed by atoms with E-state index >= 15 is 0 Å². The minimum atomic E-state index is -0.0908. The maximum absolute atomic E-state index is 11.6. The number of fused-ring (bicyclic) bond motifs is 1. The van der Waals surface area contributed by atoms with Gasteiger partial charge >= 0.3 is 0 Å². The molecule has 5 heteroatoms. The van der Waals surface area contributed by atoms with Gasteiger partial charge in [-0.25, -0.2) is 0 Å². The molecule has 0 unspecified atom stereocenters. The van der Waals surface area contributed by atoms with Crippen LogP contribution in [0.2, 0.25) is 0 Å². The highest BCUT2D eigenvalue weighted by Crippen LogP contribution is 2.41. The second-order valence-electron chi connectivity index (χ2n) is 4.82. The van der Waals surface area contributed by atoms with Crippen LogP contribution in [0.4, 0.5) is 10.7 Å². The fourth-order valence-electron chi connectivity index (χ4n) is 2.50. The highest BCUT2D eigenvalue weighted by Gasteiger charge is 2.26. The van der Waals surface area contributed by atoms with Crippen LogP contribution in [0.3, 0.4) is 0 Å². The number of nitrogens with two attached hydrogens (primary N) is 1. The molecular weight excluding hydrogens is 270 g/mol. The van der Waals surface area contributed by atoms with Crippen LogP contribution in [0.5, 0.6) is 0 Å². The highest BCUT2D eigenvalue weighted by molar-refractivity contribution is 7.19. The summed E-state index contributed by atoms with van der Waals surface area (Å²) in [4.78, 5) is 14.2. The number of hydrogen-bond donors (Lipinski definition) is 1. The Balaban J connectivity index is 2.03. The highest BCUT2D eigenvalue weighted by atomic mass is 32.1. The van der Waals surface area contributed by atoms with Gasteiger partial charge in [0.25, 0.3) is 0 Å². The minimum absolute atomic E-state index is 0.0908. The summed E-state index contributed by atoms with van der Waals surface area (Å²) in [6.07, 6.45) is 0. The number of carbonyl (C=O) groups is 1. The van der Waals surface area contributed by atoms with Crippen LogP contribution >= 0.6 is 11.3 Å². The third-order valence-electron chi connectivity index (χ3n) is 3.49. The van der Waals surface area contributed by atoms with Gasteiger partial charge in [0.15, 0.2) is 5.78 Å². The molecule has 3 rings (SSSR count). The lowest BCUT2D eigenvalue weighted by Gasteiger charge is -2.15. The van der Waals surface area contributed by atoms with E-state index in [9.17, 15) is 10.1 Å². The molecule has 0 saturated heterocycles. The molecule has 2 aromatic rings. The van der Waals surface area contributed by atoms with Gasteiger partial charge < -0.3 is 10.6 Å². The molecule has 0 aliphatic carbocycles. The molecule has 0 radical (unpaired) electrons. The van der Waals surface area contributed by atoms with Gasteiger partial charge in [0.05, 0.1) is 10.6 Å². The lowest BCUT2D eigenvalue weighted by atomic mass is 10.1. The summed E-state index contributed by atoms with van der Waals surface area (Å²) in [5.41, 5.74) is 9.18. The molecule has 0 saturated carbocycles. The molecule has 20 heavy (non-hydrogen) atoms. The number of benzene rings is 1. The Hall–Kier alpha value is -2.32. The Labute approximate surface area is 121 Å². The Morgan fingerprint density at radius 2 is 1.95 bits per heavy atom. The molecule has 4 nitrogen and oxygen atoms in total. The lowest BCUT2D eigenvalue weighted by molar-refractivity contribution is 0.102. The van der Waals surface area contributed by atoms with Crippen LogP contribution in [-0.2, 0) is 13.1 Å². The van der Waals surface area contributed by atoms with Crippen molar-refractivity contribution >= 4 is 27.8 Å². The summed E-state index contributed by atoms with van der Waals surface area (Å²) < 4.78 is 0. The molecule has 1 aromatic carbocycles. The zero-order chi connectivity index (χ0) is 14.3. The predicted octanol–water partition coefficient (Wildman–Crippen LogP) is 2.92. The molecule has 0 fully saturated rings. The summed E-state index contributed by atoms with van der Waals surface area (Å²) in [7, 11) is 0. The topological polar surface area (TPSA) is 70.1 Å². The summed E-state index contributed by atoms with van der Waals surface area (Å²) in [5.74, 6) is -0.0908. The largest absolute Gasteiger partial charge is 0.396 e. The lowest BCUT2D eigenvalue weighted by Crippen LogP contribution is -2.14. The Kier molecular flexibility index (Phi) is 2.96. The molecular formula is C15H13N3OS. The van der Waals surface area contributed by atoms with Crippen molar-refractivity contribution in [2.45, 2.75) is 20.0 Å². The van der Waals surface area contributed by atoms with Crippen molar-refractivity contribution in [3.8, 4) is 6.07 Å². The normalized spacial score (nSPS) is 13.1. The fraction of sp³-hybridized carbons (Fsp3) is 0.200. The molecule has 1 aromatic heterocycles. The SMILES string of the molecule is CC(=O)c1sc(N2Cc3ccccc3C2)c(C#N)c1N. The van der Waals surface area contributed by atoms with Crippen molar-refractivity contribution in [3.05, 3.63) is 45.8 Å². The maximum Gasteiger partial charge on any atom is 0.171 e. The number of anilines is 2. The third-order valence-corrected chi connectivity index (χ3v) is 4.85. The maximum atomic E-state index is 11.6. The number of ketones is 1. The van der Waals surface area contributed by atoms with Crippen LogP contribution < -0.4 is 10.6 Å². The standard InChI is InChI=1S/C15H13N3OS/c1-9(19)14-13(17)12(6-16)15(20-14)18-7-10-4-2-3-5-11(10)8-18/h2-5H,7-8,17H2,1H3. The molecule has 0 bridgehead atoms.